The molecule has 0 amide bonds. The van der Waals surface area contributed by atoms with Crippen molar-refractivity contribution in [2.24, 2.45) is 0 Å². The summed E-state index contributed by atoms with van der Waals surface area (Å²) in [6.45, 7) is 0.189. The zero-order valence-corrected chi connectivity index (χ0v) is 8.73. The molecule has 2 nitrogen and oxygen atoms in total. The molecule has 0 atom stereocenters. The fraction of sp³-hybridized carbons (Fsp3) is 0.231. The zero-order valence-electron chi connectivity index (χ0n) is 8.73. The van der Waals surface area contributed by atoms with Gasteiger partial charge in [0.1, 0.15) is 5.75 Å². The van der Waals surface area contributed by atoms with E-state index in [-0.39, 0.29) is 6.61 Å². The third-order valence-electron chi connectivity index (χ3n) is 2.58. The van der Waals surface area contributed by atoms with Crippen LogP contribution in [-0.4, -0.2) is 18.8 Å². The van der Waals surface area contributed by atoms with Crippen molar-refractivity contribution >= 4 is 0 Å². The Bertz CT molecular complexity index is 423. The first kappa shape index (κ1) is 9.99. The number of hydrogen-bond donors (Lipinski definition) is 1. The predicted molar refractivity (Wildman–Crippen MR) is 60.4 cm³/mol. The highest BCUT2D eigenvalue weighted by Gasteiger charge is 2.07. The number of methoxy groups -OCH3 is 1. The summed E-state index contributed by atoms with van der Waals surface area (Å²) in [6, 6.07) is 12.1. The van der Waals surface area contributed by atoms with E-state index >= 15 is 0 Å². The molecule has 0 radical (unpaired) electrons. The Labute approximate surface area is 89.5 Å². The van der Waals surface area contributed by atoms with E-state index in [1.54, 1.807) is 7.11 Å². The lowest BCUT2D eigenvalue weighted by molar-refractivity contribution is 0.300. The van der Waals surface area contributed by atoms with Gasteiger partial charge in [-0.2, -0.15) is 0 Å². The first-order chi connectivity index (χ1) is 7.35. The molecule has 0 saturated heterocycles. The van der Waals surface area contributed by atoms with Gasteiger partial charge in [0, 0.05) is 6.61 Å². The van der Waals surface area contributed by atoms with E-state index in [0.717, 1.165) is 5.75 Å². The predicted octanol–water partition coefficient (Wildman–Crippen LogP) is 2.33. The van der Waals surface area contributed by atoms with E-state index in [4.69, 9.17) is 9.84 Å². The molecule has 2 aliphatic carbocycles. The minimum absolute atomic E-state index is 0.189. The number of ether oxygens (including phenoxy) is 1. The van der Waals surface area contributed by atoms with Gasteiger partial charge in [-0.15, -0.1) is 0 Å². The van der Waals surface area contributed by atoms with Gasteiger partial charge in [0.05, 0.1) is 7.11 Å². The molecule has 0 saturated carbocycles. The quantitative estimate of drug-likeness (QED) is 0.827. The molecule has 0 aromatic heterocycles. The van der Waals surface area contributed by atoms with Crippen LogP contribution in [0.25, 0.3) is 11.1 Å². The lowest BCUT2D eigenvalue weighted by Gasteiger charge is -1.97. The van der Waals surface area contributed by atoms with Crippen molar-refractivity contribution in [2.75, 3.05) is 13.7 Å². The first-order valence-electron chi connectivity index (χ1n) is 5.01. The van der Waals surface area contributed by atoms with Crippen LogP contribution in [0.5, 0.6) is 5.75 Å². The molecule has 2 heteroatoms. The summed E-state index contributed by atoms with van der Waals surface area (Å²) >= 11 is 0. The van der Waals surface area contributed by atoms with Crippen LogP contribution in [0.3, 0.4) is 0 Å². The molecule has 2 rings (SSSR count). The molecule has 0 spiro atoms. The van der Waals surface area contributed by atoms with Crippen LogP contribution < -0.4 is 4.74 Å². The van der Waals surface area contributed by atoms with Crippen molar-refractivity contribution in [1.82, 2.24) is 0 Å². The summed E-state index contributed by atoms with van der Waals surface area (Å²) in [7, 11) is 1.66. The summed E-state index contributed by atoms with van der Waals surface area (Å²) in [6.07, 6.45) is 0.704. The minimum Gasteiger partial charge on any atom is -0.497 e. The van der Waals surface area contributed by atoms with Crippen LogP contribution in [-0.2, 0) is 6.42 Å². The average Bonchev–Trinajstić information content (AvgIpc) is 2.52. The SMILES string of the molecule is COc1ccc2ccc(CCO)c-2cc1. The van der Waals surface area contributed by atoms with E-state index < -0.39 is 0 Å². The van der Waals surface area contributed by atoms with Crippen LogP contribution in [0.2, 0.25) is 0 Å². The average molecular weight is 202 g/mol. The second-order valence-corrected chi connectivity index (χ2v) is 3.47. The van der Waals surface area contributed by atoms with Gasteiger partial charge in [-0.25, -0.2) is 0 Å². The maximum absolute atomic E-state index is 8.94. The molecule has 0 bridgehead atoms. The Morgan fingerprint density at radius 2 is 1.80 bits per heavy atom. The van der Waals surface area contributed by atoms with E-state index in [2.05, 4.69) is 12.1 Å². The van der Waals surface area contributed by atoms with Gasteiger partial charge in [0.2, 0.25) is 0 Å². The molecule has 15 heavy (non-hydrogen) atoms. The number of fused-ring (bicyclic) bond motifs is 1. The maximum atomic E-state index is 8.94. The van der Waals surface area contributed by atoms with Gasteiger partial charge in [-0.3, -0.25) is 0 Å². The Kier molecular flexibility index (Phi) is 2.88. The van der Waals surface area contributed by atoms with Gasteiger partial charge in [0.15, 0.2) is 0 Å². The molecule has 0 aromatic rings. The number of aliphatic hydroxyl groups is 1. The van der Waals surface area contributed by atoms with E-state index in [1.807, 2.05) is 24.3 Å². The number of rotatable bonds is 3. The Hall–Kier alpha value is -1.54. The molecular formula is C13H14O2. The summed E-state index contributed by atoms with van der Waals surface area (Å²) in [5.41, 5.74) is 3.56. The van der Waals surface area contributed by atoms with Crippen molar-refractivity contribution < 1.29 is 9.84 Å². The fourth-order valence-corrected chi connectivity index (χ4v) is 1.77. The van der Waals surface area contributed by atoms with Crippen LogP contribution in [0.4, 0.5) is 0 Å². The first-order valence-corrected chi connectivity index (χ1v) is 5.01. The topological polar surface area (TPSA) is 29.5 Å². The maximum Gasteiger partial charge on any atom is 0.118 e. The van der Waals surface area contributed by atoms with Crippen LogP contribution in [0.1, 0.15) is 5.56 Å². The number of hydrogen-bond acceptors (Lipinski definition) is 2. The highest BCUT2D eigenvalue weighted by molar-refractivity contribution is 5.71. The van der Waals surface area contributed by atoms with E-state index in [1.165, 1.54) is 16.7 Å². The van der Waals surface area contributed by atoms with Crippen molar-refractivity contribution in [3.63, 3.8) is 0 Å². The molecule has 0 aliphatic heterocycles. The molecule has 0 unspecified atom stereocenters. The molecule has 0 heterocycles. The fourth-order valence-electron chi connectivity index (χ4n) is 1.77. The molecule has 1 N–H and O–H groups in total. The standard InChI is InChI=1S/C13H14O2/c1-15-12-5-4-10-2-3-11(8-9-14)13(10)7-6-12/h2-7,14H,8-9H2,1H3. The van der Waals surface area contributed by atoms with Crippen molar-refractivity contribution in [3.8, 4) is 16.9 Å². The molecule has 78 valence electrons. The summed E-state index contributed by atoms with van der Waals surface area (Å²) in [5.74, 6) is 0.848. The van der Waals surface area contributed by atoms with Crippen molar-refractivity contribution in [2.45, 2.75) is 6.42 Å². The van der Waals surface area contributed by atoms with Gasteiger partial charge in [-0.1, -0.05) is 24.3 Å². The van der Waals surface area contributed by atoms with Crippen LogP contribution in [0.15, 0.2) is 36.4 Å². The monoisotopic (exact) mass is 202 g/mol. The van der Waals surface area contributed by atoms with Gasteiger partial charge >= 0.3 is 0 Å². The lowest BCUT2D eigenvalue weighted by atomic mass is 10.1. The second-order valence-electron chi connectivity index (χ2n) is 3.47. The Morgan fingerprint density at radius 1 is 1.07 bits per heavy atom. The highest BCUT2D eigenvalue weighted by atomic mass is 16.5. The third kappa shape index (κ3) is 1.95. The van der Waals surface area contributed by atoms with Crippen LogP contribution in [0, 0.1) is 0 Å². The van der Waals surface area contributed by atoms with Gasteiger partial charge < -0.3 is 9.84 Å². The normalized spacial score (nSPS) is 10.5. The molecule has 2 aliphatic rings. The lowest BCUT2D eigenvalue weighted by Crippen LogP contribution is -1.88. The highest BCUT2D eigenvalue weighted by Crippen LogP contribution is 2.28. The second kappa shape index (κ2) is 4.32. The van der Waals surface area contributed by atoms with Gasteiger partial charge in [0.25, 0.3) is 0 Å². The summed E-state index contributed by atoms with van der Waals surface area (Å²) in [4.78, 5) is 0. The number of aliphatic hydroxyl groups excluding tert-OH is 1. The van der Waals surface area contributed by atoms with Crippen molar-refractivity contribution in [1.29, 1.82) is 0 Å². The van der Waals surface area contributed by atoms with Crippen LogP contribution >= 0.6 is 0 Å². The molecular weight excluding hydrogens is 188 g/mol. The minimum atomic E-state index is 0.189. The Morgan fingerprint density at radius 3 is 2.53 bits per heavy atom. The van der Waals surface area contributed by atoms with E-state index in [9.17, 15) is 0 Å². The summed E-state index contributed by atoms with van der Waals surface area (Å²) < 4.78 is 5.17. The third-order valence-corrected chi connectivity index (χ3v) is 2.58. The summed E-state index contributed by atoms with van der Waals surface area (Å²) in [5, 5.41) is 8.94. The zero-order chi connectivity index (χ0) is 10.7. The van der Waals surface area contributed by atoms with Crippen molar-refractivity contribution in [3.05, 3.63) is 42.0 Å². The Balaban J connectivity index is 2.47. The van der Waals surface area contributed by atoms with Gasteiger partial charge in [-0.05, 0) is 35.2 Å². The molecule has 0 aromatic carbocycles. The van der Waals surface area contributed by atoms with E-state index in [0.29, 0.717) is 6.42 Å². The largest absolute Gasteiger partial charge is 0.497 e. The molecule has 0 fully saturated rings. The smallest absolute Gasteiger partial charge is 0.118 e.